The van der Waals surface area contributed by atoms with Gasteiger partial charge in [-0.1, -0.05) is 17.7 Å². The van der Waals surface area contributed by atoms with Crippen LogP contribution in [0, 0.1) is 25.6 Å². The Balaban J connectivity index is 1.77. The summed E-state index contributed by atoms with van der Waals surface area (Å²) < 4.78 is 14.1. The summed E-state index contributed by atoms with van der Waals surface area (Å²) in [5, 5.41) is 17.4. The van der Waals surface area contributed by atoms with Crippen LogP contribution in [-0.4, -0.2) is 45.3 Å². The van der Waals surface area contributed by atoms with Crippen molar-refractivity contribution in [1.82, 2.24) is 15.1 Å². The molecule has 1 amide bonds. The minimum Gasteiger partial charge on any atom is -0.391 e. The quantitative estimate of drug-likeness (QED) is 0.892. The number of likely N-dealkylation sites (tertiary alicyclic amines) is 1. The summed E-state index contributed by atoms with van der Waals surface area (Å²) in [5.41, 5.74) is 2.30. The lowest BCUT2D eigenvalue weighted by Gasteiger charge is -2.18. The fraction of sp³-hybridized carbons (Fsp3) is 0.412. The van der Waals surface area contributed by atoms with Crippen molar-refractivity contribution < 1.29 is 14.3 Å². The second-order valence-electron chi connectivity index (χ2n) is 6.34. The molecule has 1 saturated heterocycles. The highest BCUT2D eigenvalue weighted by molar-refractivity contribution is 6.34. The van der Waals surface area contributed by atoms with Gasteiger partial charge in [0.15, 0.2) is 0 Å². The molecule has 0 aliphatic carbocycles. The van der Waals surface area contributed by atoms with E-state index in [-0.39, 0.29) is 23.0 Å². The normalized spacial score (nSPS) is 20.6. The van der Waals surface area contributed by atoms with E-state index in [0.29, 0.717) is 18.5 Å². The summed E-state index contributed by atoms with van der Waals surface area (Å²) >= 11 is 6.11. The van der Waals surface area contributed by atoms with Gasteiger partial charge in [-0.2, -0.15) is 5.10 Å². The number of β-amino-alcohol motifs (C(OH)–C–C–N with tert-alkyl or cyclic N) is 1. The van der Waals surface area contributed by atoms with Crippen LogP contribution in [0.2, 0.25) is 5.02 Å². The molecule has 5 nitrogen and oxygen atoms in total. The standard InChI is InChI=1S/C17H19ClFN3O2/c1-9-3-4-13(19)15(16(9)18)17(24)22-7-11(14(23)8-22)6-12-5-10(2)20-21-12/h3-5,11,14,23H,6-8H2,1-2H3,(H,20,21)/t11-,14-/m1/s1. The zero-order valence-corrected chi connectivity index (χ0v) is 14.3. The minimum atomic E-state index is -0.669. The number of nitrogens with one attached hydrogen (secondary N) is 1. The number of carbonyl (C=O) groups excluding carboxylic acids is 1. The van der Waals surface area contributed by atoms with Crippen LogP contribution in [0.4, 0.5) is 4.39 Å². The number of aliphatic hydroxyl groups excluding tert-OH is 1. The molecule has 2 N–H and O–H groups in total. The molecule has 7 heteroatoms. The van der Waals surface area contributed by atoms with E-state index < -0.39 is 17.8 Å². The fourth-order valence-electron chi connectivity index (χ4n) is 3.08. The lowest BCUT2D eigenvalue weighted by atomic mass is 10.00. The van der Waals surface area contributed by atoms with Gasteiger partial charge in [-0.3, -0.25) is 9.89 Å². The Morgan fingerprint density at radius 3 is 2.88 bits per heavy atom. The first-order valence-electron chi connectivity index (χ1n) is 7.79. The monoisotopic (exact) mass is 351 g/mol. The van der Waals surface area contributed by atoms with Crippen molar-refractivity contribution in [2.24, 2.45) is 5.92 Å². The summed E-state index contributed by atoms with van der Waals surface area (Å²) in [6, 6.07) is 4.69. The number of benzene rings is 1. The zero-order chi connectivity index (χ0) is 17.4. The second kappa shape index (κ2) is 6.53. The number of aliphatic hydroxyl groups is 1. The summed E-state index contributed by atoms with van der Waals surface area (Å²) in [5.74, 6) is -1.26. The average molecular weight is 352 g/mol. The third-order valence-corrected chi connectivity index (χ3v) is 4.91. The van der Waals surface area contributed by atoms with Gasteiger partial charge in [0.1, 0.15) is 5.82 Å². The highest BCUT2D eigenvalue weighted by Crippen LogP contribution is 2.28. The summed E-state index contributed by atoms with van der Waals surface area (Å²) in [7, 11) is 0. The van der Waals surface area contributed by atoms with E-state index in [4.69, 9.17) is 11.6 Å². The van der Waals surface area contributed by atoms with E-state index in [1.165, 1.54) is 17.0 Å². The Labute approximate surface area is 144 Å². The maximum Gasteiger partial charge on any atom is 0.258 e. The van der Waals surface area contributed by atoms with Crippen LogP contribution in [0.1, 0.15) is 27.3 Å². The molecular weight excluding hydrogens is 333 g/mol. The molecule has 0 bridgehead atoms. The molecule has 0 radical (unpaired) electrons. The predicted molar refractivity (Wildman–Crippen MR) is 88.6 cm³/mol. The van der Waals surface area contributed by atoms with Crippen molar-refractivity contribution in [3.63, 3.8) is 0 Å². The second-order valence-corrected chi connectivity index (χ2v) is 6.72. The van der Waals surface area contributed by atoms with E-state index in [2.05, 4.69) is 10.2 Å². The molecular formula is C17H19ClFN3O2. The maximum absolute atomic E-state index is 14.1. The molecule has 1 aliphatic rings. The van der Waals surface area contributed by atoms with Gasteiger partial charge < -0.3 is 10.0 Å². The third kappa shape index (κ3) is 3.16. The van der Waals surface area contributed by atoms with E-state index in [1.54, 1.807) is 6.92 Å². The zero-order valence-electron chi connectivity index (χ0n) is 13.5. The molecule has 1 aromatic heterocycles. The van der Waals surface area contributed by atoms with Crippen LogP contribution < -0.4 is 0 Å². The Morgan fingerprint density at radius 2 is 2.21 bits per heavy atom. The average Bonchev–Trinajstić information content (AvgIpc) is 3.10. The molecule has 1 aliphatic heterocycles. The Hall–Kier alpha value is -1.92. The predicted octanol–water partition coefficient (Wildman–Crippen LogP) is 2.49. The van der Waals surface area contributed by atoms with E-state index >= 15 is 0 Å². The number of hydrogen-bond acceptors (Lipinski definition) is 3. The molecule has 24 heavy (non-hydrogen) atoms. The number of halogens is 2. The number of carbonyl (C=O) groups is 1. The van der Waals surface area contributed by atoms with Crippen LogP contribution >= 0.6 is 11.6 Å². The van der Waals surface area contributed by atoms with Gasteiger partial charge in [0.05, 0.1) is 22.4 Å². The van der Waals surface area contributed by atoms with Crippen LogP contribution in [0.15, 0.2) is 18.2 Å². The van der Waals surface area contributed by atoms with Crippen molar-refractivity contribution in [3.05, 3.63) is 51.6 Å². The van der Waals surface area contributed by atoms with Gasteiger partial charge >= 0.3 is 0 Å². The number of nitrogens with zero attached hydrogens (tertiary/aromatic N) is 2. The van der Waals surface area contributed by atoms with Crippen molar-refractivity contribution in [2.75, 3.05) is 13.1 Å². The summed E-state index contributed by atoms with van der Waals surface area (Å²) in [6.07, 6.45) is -0.114. The maximum atomic E-state index is 14.1. The van der Waals surface area contributed by atoms with Gasteiger partial charge in [-0.15, -0.1) is 0 Å². The Morgan fingerprint density at radius 1 is 1.46 bits per heavy atom. The number of aromatic nitrogens is 2. The van der Waals surface area contributed by atoms with E-state index in [1.807, 2.05) is 13.0 Å². The van der Waals surface area contributed by atoms with E-state index in [9.17, 15) is 14.3 Å². The molecule has 2 heterocycles. The summed E-state index contributed by atoms with van der Waals surface area (Å²) in [4.78, 5) is 14.1. The number of aryl methyl sites for hydroxylation is 2. The van der Waals surface area contributed by atoms with Crippen molar-refractivity contribution in [3.8, 4) is 0 Å². The number of aromatic amines is 1. The largest absolute Gasteiger partial charge is 0.391 e. The smallest absolute Gasteiger partial charge is 0.258 e. The highest BCUT2D eigenvalue weighted by Gasteiger charge is 2.36. The van der Waals surface area contributed by atoms with Gasteiger partial charge in [0.2, 0.25) is 0 Å². The lowest BCUT2D eigenvalue weighted by Crippen LogP contribution is -2.30. The van der Waals surface area contributed by atoms with Crippen molar-refractivity contribution in [1.29, 1.82) is 0 Å². The number of rotatable bonds is 3. The van der Waals surface area contributed by atoms with Gasteiger partial charge in [0.25, 0.3) is 5.91 Å². The Bertz CT molecular complexity index is 777. The SMILES string of the molecule is Cc1cc(C[C@@H]2CN(C(=O)c3c(F)ccc(C)c3Cl)C[C@H]2O)n[nH]1. The molecule has 3 rings (SSSR count). The molecule has 128 valence electrons. The van der Waals surface area contributed by atoms with Crippen LogP contribution in [0.5, 0.6) is 0 Å². The molecule has 0 unspecified atom stereocenters. The van der Waals surface area contributed by atoms with Crippen molar-refractivity contribution >= 4 is 17.5 Å². The van der Waals surface area contributed by atoms with Gasteiger partial charge in [0, 0.05) is 24.7 Å². The minimum absolute atomic E-state index is 0.125. The van der Waals surface area contributed by atoms with E-state index in [0.717, 1.165) is 11.4 Å². The first-order valence-corrected chi connectivity index (χ1v) is 8.17. The molecule has 1 fully saturated rings. The molecule has 0 spiro atoms. The van der Waals surface area contributed by atoms with Crippen LogP contribution in [-0.2, 0) is 6.42 Å². The summed E-state index contributed by atoms with van der Waals surface area (Å²) in [6.45, 7) is 4.13. The number of amides is 1. The van der Waals surface area contributed by atoms with Gasteiger partial charge in [-0.05, 0) is 38.0 Å². The topological polar surface area (TPSA) is 69.2 Å². The molecule has 1 aromatic carbocycles. The third-order valence-electron chi connectivity index (χ3n) is 4.42. The number of H-pyrrole nitrogens is 1. The molecule has 2 aromatic rings. The number of hydrogen-bond donors (Lipinski definition) is 2. The van der Waals surface area contributed by atoms with Crippen LogP contribution in [0.25, 0.3) is 0 Å². The Kier molecular flexibility index (Phi) is 4.60. The fourth-order valence-corrected chi connectivity index (χ4v) is 3.31. The highest BCUT2D eigenvalue weighted by atomic mass is 35.5. The molecule has 0 saturated carbocycles. The first-order chi connectivity index (χ1) is 11.4. The van der Waals surface area contributed by atoms with Crippen molar-refractivity contribution in [2.45, 2.75) is 26.4 Å². The lowest BCUT2D eigenvalue weighted by molar-refractivity contribution is 0.0760. The van der Waals surface area contributed by atoms with Gasteiger partial charge in [-0.25, -0.2) is 4.39 Å². The molecule has 2 atom stereocenters. The first kappa shape index (κ1) is 16.9. The van der Waals surface area contributed by atoms with Crippen LogP contribution in [0.3, 0.4) is 0 Å².